The van der Waals surface area contributed by atoms with Crippen molar-refractivity contribution in [2.24, 2.45) is 0 Å². The van der Waals surface area contributed by atoms with E-state index in [0.717, 1.165) is 43.8 Å². The standard InChI is InChI=1S/C13H19IO2S/c1-17(15)10-5-3-2-4-9-16-13-8-6-7-12(14)11-13/h6-8,11H,2-5,9-10H2,1H3. The molecule has 0 aromatic heterocycles. The van der Waals surface area contributed by atoms with Crippen LogP contribution in [0.25, 0.3) is 0 Å². The minimum Gasteiger partial charge on any atom is -0.494 e. The molecule has 4 heteroatoms. The van der Waals surface area contributed by atoms with Crippen molar-refractivity contribution in [1.82, 2.24) is 0 Å². The van der Waals surface area contributed by atoms with Crippen LogP contribution in [0.15, 0.2) is 24.3 Å². The Morgan fingerprint density at radius 2 is 2.00 bits per heavy atom. The van der Waals surface area contributed by atoms with Crippen LogP contribution in [-0.4, -0.2) is 22.8 Å². The maximum absolute atomic E-state index is 10.8. The Morgan fingerprint density at radius 3 is 2.71 bits per heavy atom. The summed E-state index contributed by atoms with van der Waals surface area (Å²) in [5.74, 6) is 1.78. The molecule has 0 fully saturated rings. The van der Waals surface area contributed by atoms with E-state index < -0.39 is 10.8 Å². The van der Waals surface area contributed by atoms with E-state index in [1.165, 1.54) is 3.57 Å². The SMILES string of the molecule is CS(=O)CCCCCCOc1cccc(I)c1. The van der Waals surface area contributed by atoms with Gasteiger partial charge in [-0.15, -0.1) is 0 Å². The average Bonchev–Trinajstić information content (AvgIpc) is 2.27. The fourth-order valence-corrected chi connectivity index (χ4v) is 2.63. The van der Waals surface area contributed by atoms with E-state index in [1.54, 1.807) is 6.26 Å². The van der Waals surface area contributed by atoms with E-state index in [0.29, 0.717) is 0 Å². The molecule has 0 saturated heterocycles. The summed E-state index contributed by atoms with van der Waals surface area (Å²) in [6.45, 7) is 0.773. The minimum atomic E-state index is -0.637. The van der Waals surface area contributed by atoms with Gasteiger partial charge in [-0.1, -0.05) is 18.9 Å². The van der Waals surface area contributed by atoms with Crippen LogP contribution < -0.4 is 4.74 Å². The molecular formula is C13H19IO2S. The molecule has 1 aromatic carbocycles. The second-order valence-electron chi connectivity index (χ2n) is 4.00. The fraction of sp³-hybridized carbons (Fsp3) is 0.538. The quantitative estimate of drug-likeness (QED) is 0.519. The molecule has 0 aliphatic carbocycles. The molecule has 96 valence electrons. The third-order valence-electron chi connectivity index (χ3n) is 2.39. The van der Waals surface area contributed by atoms with Crippen molar-refractivity contribution in [3.63, 3.8) is 0 Å². The topological polar surface area (TPSA) is 26.3 Å². The van der Waals surface area contributed by atoms with Crippen LogP contribution in [0, 0.1) is 3.57 Å². The first-order valence-corrected chi connectivity index (χ1v) is 8.67. The molecule has 17 heavy (non-hydrogen) atoms. The zero-order valence-corrected chi connectivity index (χ0v) is 13.1. The van der Waals surface area contributed by atoms with Crippen LogP contribution in [0.4, 0.5) is 0 Å². The summed E-state index contributed by atoms with van der Waals surface area (Å²) in [7, 11) is -0.637. The molecule has 1 rings (SSSR count). The Hall–Kier alpha value is -0.100. The average molecular weight is 366 g/mol. The number of benzene rings is 1. The van der Waals surface area contributed by atoms with Gasteiger partial charge in [0.15, 0.2) is 0 Å². The molecule has 2 nitrogen and oxygen atoms in total. The summed E-state index contributed by atoms with van der Waals surface area (Å²) in [4.78, 5) is 0. The molecule has 0 radical (unpaired) electrons. The summed E-state index contributed by atoms with van der Waals surface area (Å²) in [6, 6.07) is 8.09. The van der Waals surface area contributed by atoms with E-state index in [2.05, 4.69) is 28.7 Å². The molecule has 1 aromatic rings. The minimum absolute atomic E-state index is 0.637. The Balaban J connectivity index is 2.03. The van der Waals surface area contributed by atoms with Crippen molar-refractivity contribution in [3.05, 3.63) is 27.8 Å². The largest absolute Gasteiger partial charge is 0.494 e. The van der Waals surface area contributed by atoms with Gasteiger partial charge in [0.25, 0.3) is 0 Å². The van der Waals surface area contributed by atoms with Gasteiger partial charge in [0.05, 0.1) is 6.61 Å². The molecule has 0 N–H and O–H groups in total. The molecule has 0 heterocycles. The van der Waals surface area contributed by atoms with Crippen LogP contribution in [0.2, 0.25) is 0 Å². The predicted molar refractivity (Wildman–Crippen MR) is 82.1 cm³/mol. The molecule has 0 aliphatic rings. The van der Waals surface area contributed by atoms with Gasteiger partial charge in [0.1, 0.15) is 5.75 Å². The summed E-state index contributed by atoms with van der Waals surface area (Å²) >= 11 is 2.28. The van der Waals surface area contributed by atoms with E-state index in [4.69, 9.17) is 4.74 Å². The zero-order valence-electron chi connectivity index (χ0n) is 10.2. The number of ether oxygens (including phenoxy) is 1. The van der Waals surface area contributed by atoms with Gasteiger partial charge in [-0.05, 0) is 53.6 Å². The number of unbranched alkanes of at least 4 members (excludes halogenated alkanes) is 3. The van der Waals surface area contributed by atoms with E-state index >= 15 is 0 Å². The summed E-state index contributed by atoms with van der Waals surface area (Å²) in [5, 5.41) is 0. The molecule has 0 amide bonds. The number of rotatable bonds is 8. The second-order valence-corrected chi connectivity index (χ2v) is 6.80. The summed E-state index contributed by atoms with van der Waals surface area (Å²) in [5.41, 5.74) is 0. The van der Waals surface area contributed by atoms with Crippen LogP contribution in [0.5, 0.6) is 5.75 Å². The molecule has 0 spiro atoms. The normalized spacial score (nSPS) is 12.4. The first-order valence-electron chi connectivity index (χ1n) is 5.87. The van der Waals surface area contributed by atoms with E-state index in [9.17, 15) is 4.21 Å². The molecule has 0 saturated carbocycles. The van der Waals surface area contributed by atoms with Crippen molar-refractivity contribution in [3.8, 4) is 5.75 Å². The third-order valence-corrected chi connectivity index (χ3v) is 3.93. The lowest BCUT2D eigenvalue weighted by Gasteiger charge is -2.06. The second kappa shape index (κ2) is 8.91. The van der Waals surface area contributed by atoms with E-state index in [1.807, 2.05) is 18.2 Å². The molecule has 1 unspecified atom stereocenters. The Morgan fingerprint density at radius 1 is 1.24 bits per heavy atom. The lowest BCUT2D eigenvalue weighted by Crippen LogP contribution is -1.98. The summed E-state index contributed by atoms with van der Waals surface area (Å²) < 4.78 is 17.7. The van der Waals surface area contributed by atoms with Gasteiger partial charge >= 0.3 is 0 Å². The van der Waals surface area contributed by atoms with Gasteiger partial charge in [0.2, 0.25) is 0 Å². The van der Waals surface area contributed by atoms with Crippen LogP contribution in [-0.2, 0) is 10.8 Å². The fourth-order valence-electron chi connectivity index (χ4n) is 1.51. The van der Waals surface area contributed by atoms with Gasteiger partial charge in [-0.3, -0.25) is 4.21 Å². The van der Waals surface area contributed by atoms with Crippen LogP contribution >= 0.6 is 22.6 Å². The van der Waals surface area contributed by atoms with Gasteiger partial charge in [-0.2, -0.15) is 0 Å². The van der Waals surface area contributed by atoms with E-state index in [-0.39, 0.29) is 0 Å². The van der Waals surface area contributed by atoms with Crippen molar-refractivity contribution >= 4 is 33.4 Å². The van der Waals surface area contributed by atoms with Crippen molar-refractivity contribution in [2.45, 2.75) is 25.7 Å². The molecule has 0 bridgehead atoms. The highest BCUT2D eigenvalue weighted by Gasteiger charge is 1.96. The van der Waals surface area contributed by atoms with Gasteiger partial charge < -0.3 is 4.74 Å². The number of hydrogen-bond acceptors (Lipinski definition) is 2. The van der Waals surface area contributed by atoms with Gasteiger partial charge in [0, 0.05) is 26.4 Å². The highest BCUT2D eigenvalue weighted by molar-refractivity contribution is 14.1. The first-order chi connectivity index (χ1) is 8.18. The molecular weight excluding hydrogens is 347 g/mol. The Labute approximate surface area is 120 Å². The highest BCUT2D eigenvalue weighted by Crippen LogP contribution is 2.15. The number of halogens is 1. The number of hydrogen-bond donors (Lipinski definition) is 0. The smallest absolute Gasteiger partial charge is 0.120 e. The molecule has 0 aliphatic heterocycles. The van der Waals surface area contributed by atoms with Crippen LogP contribution in [0.1, 0.15) is 25.7 Å². The maximum atomic E-state index is 10.8. The van der Waals surface area contributed by atoms with Crippen molar-refractivity contribution < 1.29 is 8.95 Å². The Kier molecular flexibility index (Phi) is 7.84. The van der Waals surface area contributed by atoms with Crippen molar-refractivity contribution in [2.75, 3.05) is 18.6 Å². The summed E-state index contributed by atoms with van der Waals surface area (Å²) in [6.07, 6.45) is 6.20. The van der Waals surface area contributed by atoms with Crippen molar-refractivity contribution in [1.29, 1.82) is 0 Å². The zero-order chi connectivity index (χ0) is 12.5. The predicted octanol–water partition coefficient (Wildman–Crippen LogP) is 3.61. The monoisotopic (exact) mass is 366 g/mol. The first kappa shape index (κ1) is 15.0. The Bertz CT molecular complexity index is 355. The van der Waals surface area contributed by atoms with Crippen LogP contribution in [0.3, 0.4) is 0 Å². The lowest BCUT2D eigenvalue weighted by atomic mass is 10.2. The molecule has 1 atom stereocenters. The third kappa shape index (κ3) is 7.76. The lowest BCUT2D eigenvalue weighted by molar-refractivity contribution is 0.305. The maximum Gasteiger partial charge on any atom is 0.120 e. The highest BCUT2D eigenvalue weighted by atomic mass is 127. The van der Waals surface area contributed by atoms with Gasteiger partial charge in [-0.25, -0.2) is 0 Å².